The number of hydrogen-bond donors (Lipinski definition) is 2. The summed E-state index contributed by atoms with van der Waals surface area (Å²) < 4.78 is 25.7. The molecule has 0 atom stereocenters. The van der Waals surface area contributed by atoms with Crippen LogP contribution >= 0.6 is 0 Å². The van der Waals surface area contributed by atoms with Gasteiger partial charge in [-0.25, -0.2) is 18.1 Å². The Labute approximate surface area is 150 Å². The van der Waals surface area contributed by atoms with Gasteiger partial charge in [-0.15, -0.1) is 0 Å². The number of carbonyl (C=O) groups excluding carboxylic acids is 1. The van der Waals surface area contributed by atoms with Gasteiger partial charge in [0.15, 0.2) is 0 Å². The van der Waals surface area contributed by atoms with Gasteiger partial charge in [-0.1, -0.05) is 0 Å². The van der Waals surface area contributed by atoms with E-state index < -0.39 is 10.0 Å². The van der Waals surface area contributed by atoms with E-state index in [1.807, 2.05) is 6.07 Å². The number of amides is 1. The maximum Gasteiger partial charge on any atom is 0.254 e. The van der Waals surface area contributed by atoms with Crippen molar-refractivity contribution in [2.75, 3.05) is 31.7 Å². The molecular weight excluding hydrogens is 340 g/mol. The quantitative estimate of drug-likeness (QED) is 0.764. The number of rotatable bonds is 7. The Morgan fingerprint density at radius 2 is 1.92 bits per heavy atom. The normalized spacial score (nSPS) is 20.9. The lowest BCUT2D eigenvalue weighted by molar-refractivity contribution is 0.0827. The first-order valence-corrected chi connectivity index (χ1v) is 10.4. The van der Waals surface area contributed by atoms with Gasteiger partial charge in [0.1, 0.15) is 5.82 Å². The number of hydrogen-bond acceptors (Lipinski definition) is 5. The number of nitrogens with zero attached hydrogens (tertiary/aromatic N) is 2. The van der Waals surface area contributed by atoms with E-state index in [0.29, 0.717) is 24.1 Å². The lowest BCUT2D eigenvalue weighted by Gasteiger charge is -2.29. The van der Waals surface area contributed by atoms with Gasteiger partial charge in [-0.2, -0.15) is 0 Å². The van der Waals surface area contributed by atoms with Crippen LogP contribution in [0.2, 0.25) is 0 Å². The van der Waals surface area contributed by atoms with E-state index in [4.69, 9.17) is 0 Å². The first-order chi connectivity index (χ1) is 11.8. The first-order valence-electron chi connectivity index (χ1n) is 8.72. The third-order valence-corrected chi connectivity index (χ3v) is 5.95. The molecule has 1 saturated carbocycles. The second kappa shape index (κ2) is 8.62. The summed E-state index contributed by atoms with van der Waals surface area (Å²) in [5, 5.41) is 3.41. The highest BCUT2D eigenvalue weighted by molar-refractivity contribution is 7.89. The fourth-order valence-corrected chi connectivity index (χ4v) is 3.62. The number of carbonyl (C=O) groups is 1. The van der Waals surface area contributed by atoms with Crippen molar-refractivity contribution in [1.82, 2.24) is 14.6 Å². The highest BCUT2D eigenvalue weighted by Gasteiger charge is 2.22. The molecule has 1 aromatic rings. The third kappa shape index (κ3) is 5.97. The van der Waals surface area contributed by atoms with Crippen molar-refractivity contribution in [3.8, 4) is 0 Å². The third-order valence-electron chi connectivity index (χ3n) is 4.59. The number of aromatic nitrogens is 1. The van der Waals surface area contributed by atoms with E-state index in [-0.39, 0.29) is 11.7 Å². The molecule has 1 amide bonds. The van der Waals surface area contributed by atoms with Crippen LogP contribution in [0.3, 0.4) is 0 Å². The number of pyridine rings is 1. The molecule has 0 saturated heterocycles. The summed E-state index contributed by atoms with van der Waals surface area (Å²) in [6.45, 7) is 2.18. The zero-order valence-electron chi connectivity index (χ0n) is 15.2. The SMILES string of the molecule is CCS(=O)(=O)NCC1CCC(Nc2ccc(C(=O)N(C)C)cn2)CC1. The predicted molar refractivity (Wildman–Crippen MR) is 99.1 cm³/mol. The van der Waals surface area contributed by atoms with Gasteiger partial charge in [0.05, 0.1) is 11.3 Å². The molecule has 2 N–H and O–H groups in total. The molecule has 1 fully saturated rings. The van der Waals surface area contributed by atoms with Crippen LogP contribution < -0.4 is 10.0 Å². The fourth-order valence-electron chi connectivity index (χ4n) is 2.93. The number of nitrogens with one attached hydrogen (secondary N) is 2. The lowest BCUT2D eigenvalue weighted by Crippen LogP contribution is -2.34. The molecular formula is C17H28N4O3S. The highest BCUT2D eigenvalue weighted by Crippen LogP contribution is 2.26. The topological polar surface area (TPSA) is 91.4 Å². The summed E-state index contributed by atoms with van der Waals surface area (Å²) in [5.74, 6) is 1.23. The molecule has 0 aromatic carbocycles. The molecule has 0 bridgehead atoms. The predicted octanol–water partition coefficient (Wildman–Crippen LogP) is 1.69. The monoisotopic (exact) mass is 368 g/mol. The lowest BCUT2D eigenvalue weighted by atomic mass is 9.86. The smallest absolute Gasteiger partial charge is 0.254 e. The van der Waals surface area contributed by atoms with Crippen molar-refractivity contribution in [2.24, 2.45) is 5.92 Å². The molecule has 1 aromatic heterocycles. The molecule has 0 radical (unpaired) electrons. The number of sulfonamides is 1. The van der Waals surface area contributed by atoms with Gasteiger partial charge in [0.25, 0.3) is 5.91 Å². The molecule has 0 aliphatic heterocycles. The molecule has 1 aliphatic rings. The van der Waals surface area contributed by atoms with E-state index >= 15 is 0 Å². The largest absolute Gasteiger partial charge is 0.367 e. The summed E-state index contributed by atoms with van der Waals surface area (Å²) in [6, 6.07) is 3.95. The summed E-state index contributed by atoms with van der Waals surface area (Å²) in [6.07, 6.45) is 5.54. The van der Waals surface area contributed by atoms with Crippen LogP contribution in [0.15, 0.2) is 18.3 Å². The van der Waals surface area contributed by atoms with Crippen molar-refractivity contribution in [3.63, 3.8) is 0 Å². The van der Waals surface area contributed by atoms with Crippen molar-refractivity contribution in [1.29, 1.82) is 0 Å². The van der Waals surface area contributed by atoms with Gasteiger partial charge in [0.2, 0.25) is 10.0 Å². The van der Waals surface area contributed by atoms with Gasteiger partial charge < -0.3 is 10.2 Å². The Balaban J connectivity index is 1.79. The average Bonchev–Trinajstić information content (AvgIpc) is 2.61. The van der Waals surface area contributed by atoms with Gasteiger partial charge >= 0.3 is 0 Å². The Kier molecular flexibility index (Phi) is 6.78. The van der Waals surface area contributed by atoms with Crippen molar-refractivity contribution < 1.29 is 13.2 Å². The van der Waals surface area contributed by atoms with Crippen molar-refractivity contribution >= 4 is 21.7 Å². The average molecular weight is 369 g/mol. The molecule has 25 heavy (non-hydrogen) atoms. The van der Waals surface area contributed by atoms with E-state index in [0.717, 1.165) is 31.5 Å². The molecule has 7 nitrogen and oxygen atoms in total. The second-order valence-corrected chi connectivity index (χ2v) is 8.84. The minimum atomic E-state index is -3.10. The fraction of sp³-hybridized carbons (Fsp3) is 0.647. The molecule has 1 aliphatic carbocycles. The van der Waals surface area contributed by atoms with Crippen LogP contribution in [0.1, 0.15) is 43.0 Å². The maximum atomic E-state index is 11.9. The first kappa shape index (κ1) is 19.7. The van der Waals surface area contributed by atoms with Gasteiger partial charge in [0, 0.05) is 32.9 Å². The Hall–Kier alpha value is -1.67. The van der Waals surface area contributed by atoms with E-state index in [9.17, 15) is 13.2 Å². The van der Waals surface area contributed by atoms with Crippen molar-refractivity contribution in [3.05, 3.63) is 23.9 Å². The molecule has 0 unspecified atom stereocenters. The second-order valence-electron chi connectivity index (χ2n) is 6.75. The van der Waals surface area contributed by atoms with Crippen LogP contribution in [0.25, 0.3) is 0 Å². The van der Waals surface area contributed by atoms with Crippen LogP contribution in [0.5, 0.6) is 0 Å². The van der Waals surface area contributed by atoms with Gasteiger partial charge in [-0.05, 0) is 50.7 Å². The minimum Gasteiger partial charge on any atom is -0.367 e. The standard InChI is InChI=1S/C17H28N4O3S/c1-4-25(23,24)19-11-13-5-8-15(9-6-13)20-16-10-7-14(12-18-16)17(22)21(2)3/h7,10,12-13,15,19H,4-6,8-9,11H2,1-3H3,(H,18,20). The molecule has 2 rings (SSSR count). The molecule has 8 heteroatoms. The van der Waals surface area contributed by atoms with E-state index in [1.54, 1.807) is 33.3 Å². The van der Waals surface area contributed by atoms with Crippen molar-refractivity contribution in [2.45, 2.75) is 38.6 Å². The summed E-state index contributed by atoms with van der Waals surface area (Å²) in [7, 11) is 0.327. The maximum absolute atomic E-state index is 11.9. The van der Waals surface area contributed by atoms with Crippen LogP contribution in [-0.4, -0.2) is 56.6 Å². The van der Waals surface area contributed by atoms with E-state index in [1.165, 1.54) is 4.90 Å². The molecule has 140 valence electrons. The summed E-state index contributed by atoms with van der Waals surface area (Å²) in [4.78, 5) is 17.7. The Bertz CT molecular complexity index is 666. The molecule has 0 spiro atoms. The van der Waals surface area contributed by atoms with E-state index in [2.05, 4.69) is 15.0 Å². The summed E-state index contributed by atoms with van der Waals surface area (Å²) >= 11 is 0. The minimum absolute atomic E-state index is 0.0610. The highest BCUT2D eigenvalue weighted by atomic mass is 32.2. The zero-order valence-corrected chi connectivity index (χ0v) is 16.0. The van der Waals surface area contributed by atoms with Crippen LogP contribution in [0.4, 0.5) is 5.82 Å². The Morgan fingerprint density at radius 3 is 2.44 bits per heavy atom. The van der Waals surface area contributed by atoms with Gasteiger partial charge in [-0.3, -0.25) is 4.79 Å². The van der Waals surface area contributed by atoms with Crippen LogP contribution in [-0.2, 0) is 10.0 Å². The summed E-state index contributed by atoms with van der Waals surface area (Å²) in [5.41, 5.74) is 0.572. The van der Waals surface area contributed by atoms with Crippen LogP contribution in [0, 0.1) is 5.92 Å². The Morgan fingerprint density at radius 1 is 1.24 bits per heavy atom. The molecule has 1 heterocycles. The number of anilines is 1. The zero-order chi connectivity index (χ0) is 18.4.